The molecule has 2 aliphatic rings. The minimum Gasteiger partial charge on any atom is -0.354 e. The molecule has 0 saturated carbocycles. The zero-order valence-corrected chi connectivity index (χ0v) is 17.2. The van der Waals surface area contributed by atoms with Gasteiger partial charge < -0.3 is 16.0 Å². The molecule has 0 aromatic heterocycles. The van der Waals surface area contributed by atoms with E-state index in [9.17, 15) is 31.2 Å². The minimum absolute atomic E-state index is 0.0658. The molecule has 3 aromatic rings. The van der Waals surface area contributed by atoms with Crippen LogP contribution in [-0.4, -0.2) is 20.2 Å². The number of amides is 2. The maximum atomic E-state index is 13.4. The molecule has 2 amide bonds. The molecule has 1 spiro atoms. The SMILES string of the molecule is O=C(Nc1cc(F)c(F)c(F)c1)c1ccc2c(c1)S(=O)(=O)N[C@@]1(N2)C(=O)Nc2ccccc21. The first-order valence-electron chi connectivity index (χ1n) is 9.44. The number of anilines is 3. The largest absolute Gasteiger partial charge is 0.354 e. The minimum atomic E-state index is -4.28. The second-order valence-corrected chi connectivity index (χ2v) is 9.05. The topological polar surface area (TPSA) is 116 Å². The van der Waals surface area contributed by atoms with Crippen LogP contribution in [0.3, 0.4) is 0 Å². The average molecular weight is 474 g/mol. The summed E-state index contributed by atoms with van der Waals surface area (Å²) >= 11 is 0. The predicted octanol–water partition coefficient (Wildman–Crippen LogP) is 2.87. The summed E-state index contributed by atoms with van der Waals surface area (Å²) in [6, 6.07) is 11.4. The maximum Gasteiger partial charge on any atom is 0.271 e. The Balaban J connectivity index is 1.50. The first-order chi connectivity index (χ1) is 15.6. The highest BCUT2D eigenvalue weighted by atomic mass is 32.2. The van der Waals surface area contributed by atoms with Crippen LogP contribution in [0.5, 0.6) is 0 Å². The lowest BCUT2D eigenvalue weighted by molar-refractivity contribution is -0.120. The lowest BCUT2D eigenvalue weighted by atomic mass is 10.0. The van der Waals surface area contributed by atoms with Gasteiger partial charge in [-0.15, -0.1) is 0 Å². The fraction of sp³-hybridized carbons (Fsp3) is 0.0476. The van der Waals surface area contributed by atoms with Gasteiger partial charge >= 0.3 is 0 Å². The number of rotatable bonds is 2. The summed E-state index contributed by atoms with van der Waals surface area (Å²) in [5.41, 5.74) is -1.39. The molecule has 0 fully saturated rings. The molecule has 3 aromatic carbocycles. The number of benzene rings is 3. The number of hydrogen-bond acceptors (Lipinski definition) is 5. The number of hydrogen-bond donors (Lipinski definition) is 4. The highest BCUT2D eigenvalue weighted by Crippen LogP contribution is 2.42. The first kappa shape index (κ1) is 21.0. The standard InChI is InChI=1S/C21H13F3N4O4S/c22-13-8-11(9-14(23)18(13)24)25-19(29)10-5-6-16-17(7-10)33(31,32)28-21(27-16)12-3-1-2-4-15(12)26-20(21)30/h1-9,27-28H,(H,25,29)(H,26,30)/t21-/m1/s1. The number of fused-ring (bicyclic) bond motifs is 3. The van der Waals surface area contributed by atoms with E-state index in [-0.39, 0.29) is 21.8 Å². The van der Waals surface area contributed by atoms with Crippen LogP contribution in [0, 0.1) is 17.5 Å². The van der Waals surface area contributed by atoms with Crippen LogP contribution >= 0.6 is 0 Å². The zero-order chi connectivity index (χ0) is 23.5. The Morgan fingerprint density at radius 1 is 0.939 bits per heavy atom. The van der Waals surface area contributed by atoms with Crippen LogP contribution in [0.1, 0.15) is 15.9 Å². The van der Waals surface area contributed by atoms with E-state index in [0.29, 0.717) is 23.4 Å². The van der Waals surface area contributed by atoms with Crippen molar-refractivity contribution >= 4 is 38.9 Å². The Bertz CT molecular complexity index is 1460. The number of para-hydroxylation sites is 1. The molecule has 0 bridgehead atoms. The van der Waals surface area contributed by atoms with Gasteiger partial charge in [-0.25, -0.2) is 21.6 Å². The second-order valence-electron chi connectivity index (χ2n) is 7.40. The van der Waals surface area contributed by atoms with Crippen molar-refractivity contribution in [3.05, 3.63) is 83.2 Å². The molecule has 1 atom stereocenters. The van der Waals surface area contributed by atoms with Crippen molar-refractivity contribution < 1.29 is 31.2 Å². The molecule has 5 rings (SSSR count). The molecule has 2 aliphatic heterocycles. The fourth-order valence-corrected chi connectivity index (χ4v) is 5.24. The van der Waals surface area contributed by atoms with Crippen LogP contribution < -0.4 is 20.7 Å². The Morgan fingerprint density at radius 2 is 1.64 bits per heavy atom. The van der Waals surface area contributed by atoms with Gasteiger partial charge in [-0.2, -0.15) is 4.72 Å². The number of nitrogens with one attached hydrogen (secondary N) is 4. The summed E-state index contributed by atoms with van der Waals surface area (Å²) in [6.07, 6.45) is 0. The van der Waals surface area contributed by atoms with Gasteiger partial charge in [0.05, 0.1) is 5.69 Å². The van der Waals surface area contributed by atoms with Gasteiger partial charge in [-0.1, -0.05) is 18.2 Å². The molecular formula is C21H13F3N4O4S. The molecular weight excluding hydrogens is 461 g/mol. The van der Waals surface area contributed by atoms with Gasteiger partial charge in [0.15, 0.2) is 17.5 Å². The third kappa shape index (κ3) is 3.22. The van der Waals surface area contributed by atoms with Crippen LogP contribution in [-0.2, 0) is 20.5 Å². The summed E-state index contributed by atoms with van der Waals surface area (Å²) in [6.45, 7) is 0. The van der Waals surface area contributed by atoms with E-state index in [4.69, 9.17) is 0 Å². The van der Waals surface area contributed by atoms with E-state index >= 15 is 0 Å². The van der Waals surface area contributed by atoms with Crippen LogP contribution in [0.15, 0.2) is 59.5 Å². The van der Waals surface area contributed by atoms with Gasteiger partial charge in [0.25, 0.3) is 11.8 Å². The van der Waals surface area contributed by atoms with Crippen molar-refractivity contribution in [1.82, 2.24) is 4.72 Å². The van der Waals surface area contributed by atoms with E-state index < -0.39 is 45.0 Å². The van der Waals surface area contributed by atoms with E-state index in [1.807, 2.05) is 0 Å². The number of carbonyl (C=O) groups excluding carboxylic acids is 2. The molecule has 4 N–H and O–H groups in total. The molecule has 168 valence electrons. The number of sulfonamides is 1. The third-order valence-corrected chi connectivity index (χ3v) is 6.80. The second kappa shape index (κ2) is 7.05. The van der Waals surface area contributed by atoms with E-state index in [2.05, 4.69) is 20.7 Å². The molecule has 33 heavy (non-hydrogen) atoms. The van der Waals surface area contributed by atoms with Gasteiger partial charge in [0.1, 0.15) is 4.90 Å². The normalized spacial score (nSPS) is 19.9. The Kier molecular flexibility index (Phi) is 4.48. The highest BCUT2D eigenvalue weighted by molar-refractivity contribution is 7.89. The summed E-state index contributed by atoms with van der Waals surface area (Å²) in [4.78, 5) is 24.9. The Morgan fingerprint density at radius 3 is 2.36 bits per heavy atom. The van der Waals surface area contributed by atoms with E-state index in [1.54, 1.807) is 24.3 Å². The molecule has 12 heteroatoms. The molecule has 0 radical (unpaired) electrons. The molecule has 0 aliphatic carbocycles. The van der Waals surface area contributed by atoms with Crippen molar-refractivity contribution in [2.45, 2.75) is 10.6 Å². The lowest BCUT2D eigenvalue weighted by Gasteiger charge is -2.35. The van der Waals surface area contributed by atoms with Crippen LogP contribution in [0.4, 0.5) is 30.2 Å². The lowest BCUT2D eigenvalue weighted by Crippen LogP contribution is -2.58. The monoisotopic (exact) mass is 474 g/mol. The Hall–Kier alpha value is -3.90. The van der Waals surface area contributed by atoms with E-state index in [0.717, 1.165) is 6.07 Å². The number of halogens is 3. The van der Waals surface area contributed by atoms with Gasteiger partial charge in [0, 0.05) is 34.6 Å². The smallest absolute Gasteiger partial charge is 0.271 e. The summed E-state index contributed by atoms with van der Waals surface area (Å²) < 4.78 is 68.4. The summed E-state index contributed by atoms with van der Waals surface area (Å²) in [5.74, 6) is -6.18. The summed E-state index contributed by atoms with van der Waals surface area (Å²) in [5, 5.41) is 7.70. The van der Waals surface area contributed by atoms with E-state index in [1.165, 1.54) is 12.1 Å². The van der Waals surface area contributed by atoms with Crippen molar-refractivity contribution in [3.8, 4) is 0 Å². The molecule has 8 nitrogen and oxygen atoms in total. The first-order valence-corrected chi connectivity index (χ1v) is 10.9. The zero-order valence-electron chi connectivity index (χ0n) is 16.4. The van der Waals surface area contributed by atoms with Crippen molar-refractivity contribution in [3.63, 3.8) is 0 Å². The quantitative estimate of drug-likeness (QED) is 0.427. The van der Waals surface area contributed by atoms with Gasteiger partial charge in [0.2, 0.25) is 15.7 Å². The van der Waals surface area contributed by atoms with Gasteiger partial charge in [-0.05, 0) is 24.3 Å². The summed E-state index contributed by atoms with van der Waals surface area (Å²) in [7, 11) is -4.28. The maximum absolute atomic E-state index is 13.4. The Labute approximate surface area is 184 Å². The fourth-order valence-electron chi connectivity index (χ4n) is 3.79. The molecule has 0 saturated heterocycles. The highest BCUT2D eigenvalue weighted by Gasteiger charge is 2.53. The van der Waals surface area contributed by atoms with Crippen LogP contribution in [0.2, 0.25) is 0 Å². The van der Waals surface area contributed by atoms with Crippen LogP contribution in [0.25, 0.3) is 0 Å². The molecule has 2 heterocycles. The molecule has 0 unspecified atom stereocenters. The third-order valence-electron chi connectivity index (χ3n) is 5.30. The van der Waals surface area contributed by atoms with Crippen molar-refractivity contribution in [2.24, 2.45) is 0 Å². The number of carbonyl (C=O) groups is 2. The average Bonchev–Trinajstić information content (AvgIpc) is 3.02. The van der Waals surface area contributed by atoms with Crippen molar-refractivity contribution in [2.75, 3.05) is 16.0 Å². The van der Waals surface area contributed by atoms with Crippen molar-refractivity contribution in [1.29, 1.82) is 0 Å². The predicted molar refractivity (Wildman–Crippen MR) is 111 cm³/mol. The van der Waals surface area contributed by atoms with Gasteiger partial charge in [-0.3, -0.25) is 9.59 Å².